The van der Waals surface area contributed by atoms with Crippen LogP contribution < -0.4 is 16.0 Å². The fourth-order valence-corrected chi connectivity index (χ4v) is 1.37. The molecule has 1 aromatic carbocycles. The second-order valence-corrected chi connectivity index (χ2v) is 3.71. The molecule has 0 atom stereocenters. The molecule has 0 saturated heterocycles. The highest BCUT2D eigenvalue weighted by Gasteiger charge is 2.09. The minimum absolute atomic E-state index is 0.149. The van der Waals surface area contributed by atoms with Crippen LogP contribution in [-0.2, 0) is 16.0 Å². The molecule has 0 aromatic heterocycles. The minimum Gasteiger partial charge on any atom is -0.481 e. The zero-order chi connectivity index (χ0) is 14.3. The molecule has 0 aliphatic rings. The number of hydrogen-bond donors (Lipinski definition) is 4. The van der Waals surface area contributed by atoms with Gasteiger partial charge in [0.1, 0.15) is 0 Å². The normalized spacial score (nSPS) is 9.53. The first-order chi connectivity index (χ1) is 9.02. The Kier molecular flexibility index (Phi) is 5.34. The third kappa shape index (κ3) is 5.07. The van der Waals surface area contributed by atoms with Gasteiger partial charge in [-0.25, -0.2) is 4.79 Å². The third-order valence-corrected chi connectivity index (χ3v) is 2.30. The lowest BCUT2D eigenvalue weighted by molar-refractivity contribution is -0.136. The van der Waals surface area contributed by atoms with Crippen molar-refractivity contribution in [1.29, 1.82) is 0 Å². The molecule has 1 aromatic rings. The molecule has 0 bridgehead atoms. The Labute approximate surface area is 110 Å². The van der Waals surface area contributed by atoms with Crippen LogP contribution in [0.15, 0.2) is 24.3 Å². The van der Waals surface area contributed by atoms with E-state index in [-0.39, 0.29) is 18.9 Å². The van der Waals surface area contributed by atoms with Gasteiger partial charge in [-0.3, -0.25) is 9.59 Å². The lowest BCUT2D eigenvalue weighted by Gasteiger charge is -2.10. The first kappa shape index (κ1) is 14.5. The van der Waals surface area contributed by atoms with Crippen LogP contribution in [0.25, 0.3) is 0 Å². The molecule has 4 N–H and O–H groups in total. The number of carboxylic acids is 1. The molecule has 0 spiro atoms. The SMILES string of the molecule is CNC(=O)CNC(=O)Nc1ccccc1CC(=O)O. The fraction of sp³-hybridized carbons (Fsp3) is 0.250. The van der Waals surface area contributed by atoms with Crippen LogP contribution in [0.4, 0.5) is 10.5 Å². The maximum absolute atomic E-state index is 11.5. The number of carbonyl (C=O) groups is 3. The van der Waals surface area contributed by atoms with Gasteiger partial charge in [-0.05, 0) is 11.6 Å². The number of carbonyl (C=O) groups excluding carboxylic acids is 2. The summed E-state index contributed by atoms with van der Waals surface area (Å²) in [7, 11) is 1.46. The van der Waals surface area contributed by atoms with Gasteiger partial charge in [0.2, 0.25) is 5.91 Å². The van der Waals surface area contributed by atoms with E-state index in [9.17, 15) is 14.4 Å². The Morgan fingerprint density at radius 1 is 1.21 bits per heavy atom. The number of anilines is 1. The summed E-state index contributed by atoms with van der Waals surface area (Å²) >= 11 is 0. The zero-order valence-electron chi connectivity index (χ0n) is 10.4. The minimum atomic E-state index is -0.986. The monoisotopic (exact) mass is 265 g/mol. The molecule has 0 unspecified atom stereocenters. The van der Waals surface area contributed by atoms with Gasteiger partial charge in [-0.15, -0.1) is 0 Å². The number of benzene rings is 1. The van der Waals surface area contributed by atoms with Crippen LogP contribution in [0.5, 0.6) is 0 Å². The summed E-state index contributed by atoms with van der Waals surface area (Å²) in [6.07, 6.45) is -0.189. The van der Waals surface area contributed by atoms with Gasteiger partial charge in [0.05, 0.1) is 13.0 Å². The summed E-state index contributed by atoms with van der Waals surface area (Å²) in [6.45, 7) is -0.149. The highest BCUT2D eigenvalue weighted by atomic mass is 16.4. The van der Waals surface area contributed by atoms with Crippen molar-refractivity contribution in [1.82, 2.24) is 10.6 Å². The maximum atomic E-state index is 11.5. The van der Waals surface area contributed by atoms with Gasteiger partial charge in [0, 0.05) is 12.7 Å². The second-order valence-electron chi connectivity index (χ2n) is 3.71. The summed E-state index contributed by atoms with van der Waals surface area (Å²) < 4.78 is 0. The molecule has 0 fully saturated rings. The van der Waals surface area contributed by atoms with E-state index in [0.717, 1.165) is 0 Å². The largest absolute Gasteiger partial charge is 0.481 e. The van der Waals surface area contributed by atoms with Crippen molar-refractivity contribution < 1.29 is 19.5 Å². The molecular formula is C12H15N3O4. The van der Waals surface area contributed by atoms with Gasteiger partial charge in [-0.2, -0.15) is 0 Å². The zero-order valence-corrected chi connectivity index (χ0v) is 10.4. The van der Waals surface area contributed by atoms with Crippen LogP contribution in [-0.4, -0.2) is 36.6 Å². The molecule has 0 heterocycles. The van der Waals surface area contributed by atoms with E-state index in [1.54, 1.807) is 24.3 Å². The Hall–Kier alpha value is -2.57. The maximum Gasteiger partial charge on any atom is 0.319 e. The molecular weight excluding hydrogens is 250 g/mol. The summed E-state index contributed by atoms with van der Waals surface area (Å²) in [4.78, 5) is 33.2. The van der Waals surface area contributed by atoms with E-state index in [1.165, 1.54) is 7.05 Å². The molecule has 0 saturated carbocycles. The quantitative estimate of drug-likeness (QED) is 0.609. The number of para-hydroxylation sites is 1. The number of likely N-dealkylation sites (N-methyl/N-ethyl adjacent to an activating group) is 1. The molecule has 0 aliphatic carbocycles. The van der Waals surface area contributed by atoms with E-state index in [4.69, 9.17) is 5.11 Å². The van der Waals surface area contributed by atoms with Gasteiger partial charge in [0.15, 0.2) is 0 Å². The lowest BCUT2D eigenvalue weighted by Crippen LogP contribution is -2.37. The van der Waals surface area contributed by atoms with Gasteiger partial charge in [-0.1, -0.05) is 18.2 Å². The molecule has 7 heteroatoms. The molecule has 0 radical (unpaired) electrons. The lowest BCUT2D eigenvalue weighted by atomic mass is 10.1. The van der Waals surface area contributed by atoms with E-state index in [0.29, 0.717) is 11.3 Å². The topological polar surface area (TPSA) is 108 Å². The van der Waals surface area contributed by atoms with E-state index >= 15 is 0 Å². The Bertz CT molecular complexity index is 488. The van der Waals surface area contributed by atoms with Crippen molar-refractivity contribution >= 4 is 23.6 Å². The number of rotatable bonds is 5. The van der Waals surface area contributed by atoms with Crippen LogP contribution in [0.1, 0.15) is 5.56 Å². The number of carboxylic acid groups (broad SMARTS) is 1. The fourth-order valence-electron chi connectivity index (χ4n) is 1.37. The van der Waals surface area contributed by atoms with E-state index in [1.807, 2.05) is 0 Å². The van der Waals surface area contributed by atoms with Crippen LogP contribution in [0.3, 0.4) is 0 Å². The predicted octanol–water partition coefficient (Wildman–Crippen LogP) is 0.181. The van der Waals surface area contributed by atoms with Gasteiger partial charge in [0.25, 0.3) is 0 Å². The Morgan fingerprint density at radius 3 is 2.53 bits per heavy atom. The average molecular weight is 265 g/mol. The summed E-state index contributed by atoms with van der Waals surface area (Å²) in [5.74, 6) is -1.31. The van der Waals surface area contributed by atoms with Crippen LogP contribution in [0.2, 0.25) is 0 Å². The van der Waals surface area contributed by atoms with Crippen LogP contribution in [0, 0.1) is 0 Å². The number of urea groups is 1. The molecule has 1 rings (SSSR count). The van der Waals surface area contributed by atoms with Crippen molar-refractivity contribution in [2.75, 3.05) is 18.9 Å². The van der Waals surface area contributed by atoms with Crippen molar-refractivity contribution in [3.05, 3.63) is 29.8 Å². The van der Waals surface area contributed by atoms with Crippen molar-refractivity contribution in [2.45, 2.75) is 6.42 Å². The average Bonchev–Trinajstić information content (AvgIpc) is 2.37. The smallest absolute Gasteiger partial charge is 0.319 e. The Balaban J connectivity index is 2.63. The van der Waals surface area contributed by atoms with Crippen molar-refractivity contribution in [2.24, 2.45) is 0 Å². The third-order valence-electron chi connectivity index (χ3n) is 2.30. The molecule has 102 valence electrons. The summed E-state index contributed by atoms with van der Waals surface area (Å²) in [5, 5.41) is 16.0. The number of hydrogen-bond acceptors (Lipinski definition) is 3. The first-order valence-corrected chi connectivity index (χ1v) is 5.58. The highest BCUT2D eigenvalue weighted by molar-refractivity contribution is 5.93. The first-order valence-electron chi connectivity index (χ1n) is 5.58. The number of nitrogens with one attached hydrogen (secondary N) is 3. The molecule has 7 nitrogen and oxygen atoms in total. The standard InChI is InChI=1S/C12H15N3O4/c1-13-10(16)7-14-12(19)15-9-5-3-2-4-8(9)6-11(17)18/h2-5H,6-7H2,1H3,(H,13,16)(H,17,18)(H2,14,15,19). The van der Waals surface area contributed by atoms with E-state index < -0.39 is 12.0 Å². The summed E-state index contributed by atoms with van der Waals surface area (Å²) in [5.41, 5.74) is 0.893. The summed E-state index contributed by atoms with van der Waals surface area (Å²) in [6, 6.07) is 6.01. The van der Waals surface area contributed by atoms with Crippen molar-refractivity contribution in [3.8, 4) is 0 Å². The highest BCUT2D eigenvalue weighted by Crippen LogP contribution is 2.15. The van der Waals surface area contributed by atoms with Gasteiger partial charge < -0.3 is 21.1 Å². The molecule has 0 aliphatic heterocycles. The Morgan fingerprint density at radius 2 is 1.89 bits per heavy atom. The van der Waals surface area contributed by atoms with E-state index in [2.05, 4.69) is 16.0 Å². The second kappa shape index (κ2) is 7.00. The number of aliphatic carboxylic acids is 1. The van der Waals surface area contributed by atoms with Crippen molar-refractivity contribution in [3.63, 3.8) is 0 Å². The predicted molar refractivity (Wildman–Crippen MR) is 68.9 cm³/mol. The molecule has 19 heavy (non-hydrogen) atoms. The number of amides is 3. The van der Waals surface area contributed by atoms with Crippen LogP contribution >= 0.6 is 0 Å². The van der Waals surface area contributed by atoms with Gasteiger partial charge >= 0.3 is 12.0 Å². The molecule has 3 amide bonds.